The number of aromatic amines is 1. The van der Waals surface area contributed by atoms with Gasteiger partial charge >= 0.3 is 0 Å². The Morgan fingerprint density at radius 2 is 2.08 bits per heavy atom. The smallest absolute Gasteiger partial charge is 0.0768 e. The molecular weight excluding hydrogens is 198 g/mol. The SMILES string of the molecule is Cc1[nH]c2c(c1C(=S)S)CCCC2. The van der Waals surface area contributed by atoms with Crippen molar-refractivity contribution in [3.8, 4) is 0 Å². The lowest BCUT2D eigenvalue weighted by Crippen LogP contribution is -2.03. The Morgan fingerprint density at radius 3 is 2.77 bits per heavy atom. The van der Waals surface area contributed by atoms with E-state index < -0.39 is 0 Å². The molecule has 13 heavy (non-hydrogen) atoms. The summed E-state index contributed by atoms with van der Waals surface area (Å²) in [5.41, 5.74) is 5.18. The predicted octanol–water partition coefficient (Wildman–Crippen LogP) is 2.81. The van der Waals surface area contributed by atoms with Gasteiger partial charge < -0.3 is 4.98 Å². The van der Waals surface area contributed by atoms with Gasteiger partial charge in [0, 0.05) is 17.0 Å². The second-order valence-electron chi connectivity index (χ2n) is 3.59. The Balaban J connectivity index is 2.54. The number of aromatic nitrogens is 1. The van der Waals surface area contributed by atoms with E-state index >= 15 is 0 Å². The summed E-state index contributed by atoms with van der Waals surface area (Å²) in [7, 11) is 0. The van der Waals surface area contributed by atoms with Gasteiger partial charge in [0.15, 0.2) is 0 Å². The van der Waals surface area contributed by atoms with E-state index in [1.165, 1.54) is 41.8 Å². The molecule has 3 heteroatoms. The highest BCUT2D eigenvalue weighted by Gasteiger charge is 2.18. The van der Waals surface area contributed by atoms with E-state index in [0.717, 1.165) is 10.6 Å². The molecule has 0 atom stereocenters. The molecular formula is C10H13NS2. The third-order valence-electron chi connectivity index (χ3n) is 2.70. The van der Waals surface area contributed by atoms with Crippen LogP contribution in [0.15, 0.2) is 0 Å². The molecule has 1 aliphatic rings. The maximum absolute atomic E-state index is 5.13. The first-order chi connectivity index (χ1) is 6.20. The summed E-state index contributed by atoms with van der Waals surface area (Å²) in [6.07, 6.45) is 4.92. The van der Waals surface area contributed by atoms with Gasteiger partial charge in [0.2, 0.25) is 0 Å². The highest BCUT2D eigenvalue weighted by molar-refractivity contribution is 8.11. The molecule has 0 radical (unpaired) electrons. The lowest BCUT2D eigenvalue weighted by atomic mass is 9.95. The summed E-state index contributed by atoms with van der Waals surface area (Å²) < 4.78 is 0.733. The number of rotatable bonds is 1. The van der Waals surface area contributed by atoms with Crippen LogP contribution >= 0.6 is 24.8 Å². The molecule has 2 rings (SSSR count). The number of aryl methyl sites for hydroxylation is 2. The van der Waals surface area contributed by atoms with E-state index in [2.05, 4.69) is 24.5 Å². The van der Waals surface area contributed by atoms with E-state index in [1.807, 2.05) is 0 Å². The minimum absolute atomic E-state index is 0.733. The van der Waals surface area contributed by atoms with Gasteiger partial charge in [-0.1, -0.05) is 12.2 Å². The zero-order valence-electron chi connectivity index (χ0n) is 7.68. The standard InChI is InChI=1S/C10H13NS2/c1-6-9(10(12)13)7-4-2-3-5-8(7)11-6/h11H,2-5H2,1H3,(H,12,13). The van der Waals surface area contributed by atoms with E-state index in [0.29, 0.717) is 0 Å². The summed E-state index contributed by atoms with van der Waals surface area (Å²) in [6.45, 7) is 2.08. The molecule has 0 aromatic carbocycles. The van der Waals surface area contributed by atoms with Gasteiger partial charge in [0.05, 0.1) is 4.20 Å². The predicted molar refractivity (Wildman–Crippen MR) is 62.9 cm³/mol. The maximum atomic E-state index is 5.13. The molecule has 0 unspecified atom stereocenters. The Bertz CT molecular complexity index is 352. The molecule has 1 heterocycles. The molecule has 0 spiro atoms. The quantitative estimate of drug-likeness (QED) is 0.539. The van der Waals surface area contributed by atoms with Crippen LogP contribution in [0.4, 0.5) is 0 Å². The molecule has 1 aliphatic carbocycles. The van der Waals surface area contributed by atoms with Crippen LogP contribution in [0.3, 0.4) is 0 Å². The van der Waals surface area contributed by atoms with Crippen molar-refractivity contribution in [2.45, 2.75) is 32.6 Å². The summed E-state index contributed by atoms with van der Waals surface area (Å²) in [5, 5.41) is 0. The Hall–Kier alpha value is -0.280. The molecule has 0 fully saturated rings. The fourth-order valence-electron chi connectivity index (χ4n) is 2.12. The van der Waals surface area contributed by atoms with Crippen molar-refractivity contribution < 1.29 is 0 Å². The molecule has 0 bridgehead atoms. The van der Waals surface area contributed by atoms with Crippen molar-refractivity contribution in [1.82, 2.24) is 4.98 Å². The van der Waals surface area contributed by atoms with Gasteiger partial charge in [0.25, 0.3) is 0 Å². The van der Waals surface area contributed by atoms with Crippen LogP contribution in [0, 0.1) is 6.92 Å². The van der Waals surface area contributed by atoms with Crippen LogP contribution in [-0.4, -0.2) is 9.18 Å². The van der Waals surface area contributed by atoms with Gasteiger partial charge in [-0.05, 0) is 38.2 Å². The fourth-order valence-corrected chi connectivity index (χ4v) is 2.70. The maximum Gasteiger partial charge on any atom is 0.0768 e. The normalized spacial score (nSPS) is 15.5. The Morgan fingerprint density at radius 1 is 1.38 bits per heavy atom. The van der Waals surface area contributed by atoms with Crippen LogP contribution < -0.4 is 0 Å². The molecule has 0 amide bonds. The van der Waals surface area contributed by atoms with Crippen molar-refractivity contribution in [2.24, 2.45) is 0 Å². The average Bonchev–Trinajstić information content (AvgIpc) is 2.39. The minimum Gasteiger partial charge on any atom is -0.362 e. The van der Waals surface area contributed by atoms with E-state index in [4.69, 9.17) is 12.2 Å². The van der Waals surface area contributed by atoms with Crippen molar-refractivity contribution in [2.75, 3.05) is 0 Å². The number of hydrogen-bond donors (Lipinski definition) is 2. The van der Waals surface area contributed by atoms with Crippen LogP contribution in [0.2, 0.25) is 0 Å². The van der Waals surface area contributed by atoms with Crippen molar-refractivity contribution in [3.05, 3.63) is 22.5 Å². The first kappa shape index (κ1) is 9.28. The van der Waals surface area contributed by atoms with E-state index in [1.54, 1.807) is 0 Å². The number of nitrogens with one attached hydrogen (secondary N) is 1. The molecule has 1 N–H and O–H groups in total. The topological polar surface area (TPSA) is 15.8 Å². The third-order valence-corrected chi connectivity index (χ3v) is 3.12. The van der Waals surface area contributed by atoms with E-state index in [9.17, 15) is 0 Å². The van der Waals surface area contributed by atoms with Crippen molar-refractivity contribution >= 4 is 29.0 Å². The monoisotopic (exact) mass is 211 g/mol. The summed E-state index contributed by atoms with van der Waals surface area (Å²) in [5.74, 6) is 0. The molecule has 1 nitrogen and oxygen atoms in total. The molecule has 70 valence electrons. The zero-order valence-corrected chi connectivity index (χ0v) is 9.39. The van der Waals surface area contributed by atoms with Crippen molar-refractivity contribution in [3.63, 3.8) is 0 Å². The van der Waals surface area contributed by atoms with Gasteiger partial charge in [0.1, 0.15) is 0 Å². The molecule has 1 aromatic rings. The second-order valence-corrected chi connectivity index (χ2v) is 4.75. The highest BCUT2D eigenvalue weighted by atomic mass is 32.1. The highest BCUT2D eigenvalue weighted by Crippen LogP contribution is 2.27. The number of fused-ring (bicyclic) bond motifs is 1. The first-order valence-corrected chi connectivity index (χ1v) is 5.49. The van der Waals surface area contributed by atoms with E-state index in [-0.39, 0.29) is 0 Å². The lowest BCUT2D eigenvalue weighted by molar-refractivity contribution is 0.676. The minimum atomic E-state index is 0.733. The summed E-state index contributed by atoms with van der Waals surface area (Å²) >= 11 is 9.40. The van der Waals surface area contributed by atoms with Gasteiger partial charge in [-0.25, -0.2) is 0 Å². The lowest BCUT2D eigenvalue weighted by Gasteiger charge is -2.11. The average molecular weight is 211 g/mol. The first-order valence-electron chi connectivity index (χ1n) is 4.63. The summed E-state index contributed by atoms with van der Waals surface area (Å²) in [4.78, 5) is 3.41. The van der Waals surface area contributed by atoms with Crippen LogP contribution in [0.25, 0.3) is 0 Å². The van der Waals surface area contributed by atoms with Gasteiger partial charge in [-0.2, -0.15) is 0 Å². The van der Waals surface area contributed by atoms with Crippen LogP contribution in [-0.2, 0) is 12.8 Å². The molecule has 1 aromatic heterocycles. The van der Waals surface area contributed by atoms with Crippen molar-refractivity contribution in [1.29, 1.82) is 0 Å². The number of thiol groups is 1. The number of thiocarbonyl (C=S) groups is 1. The van der Waals surface area contributed by atoms with Gasteiger partial charge in [-0.15, -0.1) is 12.6 Å². The Kier molecular flexibility index (Phi) is 2.47. The number of H-pyrrole nitrogens is 1. The molecule has 0 aliphatic heterocycles. The fraction of sp³-hybridized carbons (Fsp3) is 0.500. The Labute approximate surface area is 89.3 Å². The van der Waals surface area contributed by atoms with Gasteiger partial charge in [-0.3, -0.25) is 0 Å². The van der Waals surface area contributed by atoms with Crippen LogP contribution in [0.1, 0.15) is 35.4 Å². The molecule has 0 saturated carbocycles. The molecule has 0 saturated heterocycles. The zero-order chi connectivity index (χ0) is 9.42. The number of hydrogen-bond acceptors (Lipinski definition) is 1. The second kappa shape index (κ2) is 3.46. The van der Waals surface area contributed by atoms with Crippen LogP contribution in [0.5, 0.6) is 0 Å². The summed E-state index contributed by atoms with van der Waals surface area (Å²) in [6, 6.07) is 0. The largest absolute Gasteiger partial charge is 0.362 e. The third kappa shape index (κ3) is 1.55.